The number of carbonyl (C=O) groups excluding carboxylic acids is 2. The smallest absolute Gasteiger partial charge is 0.343 e. The Hall–Kier alpha value is -4.45. The predicted molar refractivity (Wildman–Crippen MR) is 128 cm³/mol. The first-order valence-corrected chi connectivity index (χ1v) is 10.4. The van der Waals surface area contributed by atoms with Crippen LogP contribution in [0, 0.1) is 6.92 Å². The molecule has 33 heavy (non-hydrogen) atoms. The molecule has 0 saturated heterocycles. The third-order valence-corrected chi connectivity index (χ3v) is 4.89. The van der Waals surface area contributed by atoms with E-state index >= 15 is 0 Å². The van der Waals surface area contributed by atoms with Crippen LogP contribution in [-0.2, 0) is 4.79 Å². The van der Waals surface area contributed by atoms with E-state index in [-0.39, 0.29) is 12.5 Å². The lowest BCUT2D eigenvalue weighted by Gasteiger charge is -2.08. The Morgan fingerprint density at radius 1 is 0.879 bits per heavy atom. The van der Waals surface area contributed by atoms with Crippen molar-refractivity contribution < 1.29 is 19.1 Å². The Morgan fingerprint density at radius 2 is 1.61 bits per heavy atom. The van der Waals surface area contributed by atoms with Crippen molar-refractivity contribution in [3.8, 4) is 11.5 Å². The molecule has 1 N–H and O–H groups in total. The summed E-state index contributed by atoms with van der Waals surface area (Å²) in [7, 11) is 0. The van der Waals surface area contributed by atoms with Crippen LogP contribution >= 0.6 is 0 Å². The van der Waals surface area contributed by atoms with Crippen LogP contribution in [0.25, 0.3) is 10.8 Å². The third-order valence-electron chi connectivity index (χ3n) is 4.89. The number of ether oxygens (including phenoxy) is 2. The molecule has 0 saturated carbocycles. The third kappa shape index (κ3) is 5.83. The van der Waals surface area contributed by atoms with Crippen molar-refractivity contribution >= 4 is 28.9 Å². The molecule has 6 nitrogen and oxygen atoms in total. The Kier molecular flexibility index (Phi) is 6.75. The minimum absolute atomic E-state index is 0.154. The number of hydrazone groups is 1. The van der Waals surface area contributed by atoms with Crippen LogP contribution in [0.2, 0.25) is 0 Å². The fourth-order valence-electron chi connectivity index (χ4n) is 3.15. The molecule has 0 aliphatic rings. The fraction of sp³-hybridized carbons (Fsp3) is 0.0741. The summed E-state index contributed by atoms with van der Waals surface area (Å²) in [6.07, 6.45) is 1.50. The number of nitrogens with zero attached hydrogens (tertiary/aromatic N) is 1. The van der Waals surface area contributed by atoms with E-state index in [1.165, 1.54) is 6.21 Å². The highest BCUT2D eigenvalue weighted by atomic mass is 16.5. The summed E-state index contributed by atoms with van der Waals surface area (Å²) in [5, 5.41) is 5.94. The van der Waals surface area contributed by atoms with E-state index in [4.69, 9.17) is 9.47 Å². The van der Waals surface area contributed by atoms with E-state index in [1.54, 1.807) is 36.4 Å². The SMILES string of the molecule is Cc1ccc(C(=O)Oc2ccc(/C=N\NC(=O)COc3cccc4ccccc34)cc2)cc1. The van der Waals surface area contributed by atoms with Crippen LogP contribution in [0.4, 0.5) is 0 Å². The number of esters is 1. The Labute approximate surface area is 191 Å². The van der Waals surface area contributed by atoms with Crippen molar-refractivity contribution in [2.75, 3.05) is 6.61 Å². The van der Waals surface area contributed by atoms with Gasteiger partial charge in [0.1, 0.15) is 11.5 Å². The maximum atomic E-state index is 12.2. The number of hydrogen-bond donors (Lipinski definition) is 1. The van der Waals surface area contributed by atoms with Gasteiger partial charge in [-0.25, -0.2) is 10.2 Å². The summed E-state index contributed by atoms with van der Waals surface area (Å²) in [6, 6.07) is 27.5. The van der Waals surface area contributed by atoms with Crippen LogP contribution in [0.3, 0.4) is 0 Å². The predicted octanol–water partition coefficient (Wildman–Crippen LogP) is 4.90. The van der Waals surface area contributed by atoms with Gasteiger partial charge in [-0.2, -0.15) is 5.10 Å². The van der Waals surface area contributed by atoms with Gasteiger partial charge in [0.2, 0.25) is 0 Å². The Bertz CT molecular complexity index is 1290. The topological polar surface area (TPSA) is 77.0 Å². The maximum absolute atomic E-state index is 12.2. The molecular weight excluding hydrogens is 416 g/mol. The molecule has 0 aliphatic heterocycles. The molecule has 0 bridgehead atoms. The molecule has 4 aromatic carbocycles. The highest BCUT2D eigenvalue weighted by Crippen LogP contribution is 2.24. The number of nitrogens with one attached hydrogen (secondary N) is 1. The van der Waals surface area contributed by atoms with Gasteiger partial charge in [-0.05, 0) is 60.3 Å². The molecule has 0 spiro atoms. The molecule has 0 heterocycles. The largest absolute Gasteiger partial charge is 0.483 e. The van der Waals surface area contributed by atoms with Gasteiger partial charge in [-0.15, -0.1) is 0 Å². The first kappa shape index (κ1) is 21.8. The zero-order chi connectivity index (χ0) is 23.0. The number of fused-ring (bicyclic) bond motifs is 1. The maximum Gasteiger partial charge on any atom is 0.343 e. The lowest BCUT2D eigenvalue weighted by atomic mass is 10.1. The van der Waals surface area contributed by atoms with E-state index < -0.39 is 5.97 Å². The summed E-state index contributed by atoms with van der Waals surface area (Å²) in [5.41, 5.74) is 4.74. The van der Waals surface area contributed by atoms with Crippen LogP contribution in [0.1, 0.15) is 21.5 Å². The second-order valence-corrected chi connectivity index (χ2v) is 7.38. The van der Waals surface area contributed by atoms with Gasteiger partial charge in [0, 0.05) is 5.39 Å². The molecule has 4 rings (SSSR count). The van der Waals surface area contributed by atoms with E-state index in [2.05, 4.69) is 10.5 Å². The highest BCUT2D eigenvalue weighted by molar-refractivity contribution is 5.91. The van der Waals surface area contributed by atoms with Gasteiger partial charge in [-0.1, -0.05) is 54.1 Å². The second kappa shape index (κ2) is 10.2. The molecule has 164 valence electrons. The van der Waals surface area contributed by atoms with Crippen molar-refractivity contribution in [3.05, 3.63) is 108 Å². The summed E-state index contributed by atoms with van der Waals surface area (Å²) in [4.78, 5) is 24.3. The first-order chi connectivity index (χ1) is 16.1. The van der Waals surface area contributed by atoms with Gasteiger partial charge < -0.3 is 9.47 Å². The Balaban J connectivity index is 1.27. The molecular formula is C27H22N2O4. The number of hydrogen-bond acceptors (Lipinski definition) is 5. The number of aryl methyl sites for hydroxylation is 1. The standard InChI is InChI=1S/C27H22N2O4/c1-19-9-13-22(14-10-19)27(31)33-23-15-11-20(12-16-23)17-28-29-26(30)18-32-25-8-4-6-21-5-2-3-7-24(21)25/h2-17H,18H2,1H3,(H,29,30)/b28-17-. The number of rotatable bonds is 7. The molecule has 4 aromatic rings. The van der Waals surface area contributed by atoms with E-state index in [0.29, 0.717) is 17.1 Å². The molecule has 0 radical (unpaired) electrons. The molecule has 0 atom stereocenters. The number of carbonyl (C=O) groups is 2. The van der Waals surface area contributed by atoms with Gasteiger partial charge in [0.15, 0.2) is 6.61 Å². The lowest BCUT2D eigenvalue weighted by molar-refractivity contribution is -0.123. The van der Waals surface area contributed by atoms with Crippen molar-refractivity contribution in [1.29, 1.82) is 0 Å². The minimum Gasteiger partial charge on any atom is -0.483 e. The summed E-state index contributed by atoms with van der Waals surface area (Å²) in [5.74, 6) is 0.269. The van der Waals surface area contributed by atoms with Crippen molar-refractivity contribution in [2.24, 2.45) is 5.10 Å². The molecule has 6 heteroatoms. The molecule has 1 amide bonds. The van der Waals surface area contributed by atoms with E-state index in [9.17, 15) is 9.59 Å². The van der Waals surface area contributed by atoms with Crippen molar-refractivity contribution in [1.82, 2.24) is 5.43 Å². The second-order valence-electron chi connectivity index (χ2n) is 7.38. The van der Waals surface area contributed by atoms with Gasteiger partial charge in [0.25, 0.3) is 5.91 Å². The van der Waals surface area contributed by atoms with Crippen LogP contribution < -0.4 is 14.9 Å². The quantitative estimate of drug-likeness (QED) is 0.193. The molecule has 0 aliphatic carbocycles. The first-order valence-electron chi connectivity index (χ1n) is 10.4. The lowest BCUT2D eigenvalue weighted by Crippen LogP contribution is -2.24. The summed E-state index contributed by atoms with van der Waals surface area (Å²) >= 11 is 0. The highest BCUT2D eigenvalue weighted by Gasteiger charge is 2.08. The van der Waals surface area contributed by atoms with Crippen LogP contribution in [0.15, 0.2) is 96.1 Å². The summed E-state index contributed by atoms with van der Waals surface area (Å²) < 4.78 is 11.0. The van der Waals surface area contributed by atoms with Gasteiger partial charge in [-0.3, -0.25) is 4.79 Å². The normalized spacial score (nSPS) is 10.8. The zero-order valence-corrected chi connectivity index (χ0v) is 18.0. The molecule has 0 unspecified atom stereocenters. The van der Waals surface area contributed by atoms with Gasteiger partial charge >= 0.3 is 5.97 Å². The van der Waals surface area contributed by atoms with Crippen molar-refractivity contribution in [3.63, 3.8) is 0 Å². The van der Waals surface area contributed by atoms with Crippen LogP contribution in [0.5, 0.6) is 11.5 Å². The summed E-state index contributed by atoms with van der Waals surface area (Å²) in [6.45, 7) is 1.80. The van der Waals surface area contributed by atoms with Crippen LogP contribution in [-0.4, -0.2) is 24.7 Å². The number of benzene rings is 4. The fourth-order valence-corrected chi connectivity index (χ4v) is 3.15. The number of amides is 1. The monoisotopic (exact) mass is 438 g/mol. The van der Waals surface area contributed by atoms with Crippen molar-refractivity contribution in [2.45, 2.75) is 6.92 Å². The molecule has 0 fully saturated rings. The Morgan fingerprint density at radius 3 is 2.39 bits per heavy atom. The average Bonchev–Trinajstić information content (AvgIpc) is 2.84. The van der Waals surface area contributed by atoms with Gasteiger partial charge in [0.05, 0.1) is 11.8 Å². The molecule has 0 aromatic heterocycles. The average molecular weight is 438 g/mol. The van der Waals surface area contributed by atoms with E-state index in [1.807, 2.05) is 61.5 Å². The minimum atomic E-state index is -0.421. The van der Waals surface area contributed by atoms with E-state index in [0.717, 1.165) is 21.9 Å². The zero-order valence-electron chi connectivity index (χ0n) is 18.0.